The highest BCUT2D eigenvalue weighted by molar-refractivity contribution is 6.27. The predicted molar refractivity (Wildman–Crippen MR) is 122 cm³/mol. The van der Waals surface area contributed by atoms with Crippen molar-refractivity contribution in [2.45, 2.75) is 19.5 Å². The van der Waals surface area contributed by atoms with Crippen molar-refractivity contribution in [3.8, 4) is 5.75 Å². The first-order valence-corrected chi connectivity index (χ1v) is 9.91. The van der Waals surface area contributed by atoms with Crippen molar-refractivity contribution in [1.82, 2.24) is 10.3 Å². The van der Waals surface area contributed by atoms with Crippen LogP contribution in [0.4, 0.5) is 5.69 Å². The lowest BCUT2D eigenvalue weighted by atomic mass is 10.1. The van der Waals surface area contributed by atoms with E-state index >= 15 is 0 Å². The monoisotopic (exact) mass is 451 g/mol. The van der Waals surface area contributed by atoms with Crippen LogP contribution in [0.25, 0.3) is 0 Å². The van der Waals surface area contributed by atoms with Crippen LogP contribution >= 0.6 is 0 Å². The van der Waals surface area contributed by atoms with E-state index in [1.807, 2.05) is 73.7 Å². The van der Waals surface area contributed by atoms with Crippen molar-refractivity contribution >= 4 is 23.5 Å². The summed E-state index contributed by atoms with van der Waals surface area (Å²) in [5, 5.41) is 21.1. The smallest absolute Gasteiger partial charge is 0.414 e. The van der Waals surface area contributed by atoms with Crippen LogP contribution in [-0.4, -0.2) is 40.2 Å². The maximum Gasteiger partial charge on any atom is 0.414 e. The van der Waals surface area contributed by atoms with Crippen LogP contribution in [0.1, 0.15) is 22.9 Å². The van der Waals surface area contributed by atoms with E-state index in [0.717, 1.165) is 16.8 Å². The number of benzene rings is 2. The Kier molecular flexibility index (Phi) is 9.54. The summed E-state index contributed by atoms with van der Waals surface area (Å²) in [7, 11) is 1.59. The summed E-state index contributed by atoms with van der Waals surface area (Å²) < 4.78 is 5.37. The number of amides is 1. The van der Waals surface area contributed by atoms with E-state index in [1.54, 1.807) is 13.3 Å². The van der Waals surface area contributed by atoms with Crippen molar-refractivity contribution < 1.29 is 29.3 Å². The Morgan fingerprint density at radius 3 is 2.21 bits per heavy atom. The number of carbonyl (C=O) groups excluding carboxylic acids is 1. The standard InChI is InChI=1S/C22H23N3O2.C2H2O4/c1-16-11-12-20(27-2)19(14-16)25-22(26)21(17-8-4-3-5-9-17)24-15-18-10-6-7-13-23-18;3-1(4)2(5)6/h3-14,21,24H,15H2,1-2H3,(H,25,26);(H,3,4)(H,5,6). The first-order chi connectivity index (χ1) is 15.8. The fourth-order valence-corrected chi connectivity index (χ4v) is 2.84. The highest BCUT2D eigenvalue weighted by Gasteiger charge is 2.21. The summed E-state index contributed by atoms with van der Waals surface area (Å²) in [6.45, 7) is 2.46. The molecule has 0 aliphatic carbocycles. The molecule has 1 unspecified atom stereocenters. The third-order valence-electron chi connectivity index (χ3n) is 4.40. The van der Waals surface area contributed by atoms with Gasteiger partial charge in [0.2, 0.25) is 5.91 Å². The number of hydrogen-bond acceptors (Lipinski definition) is 6. The lowest BCUT2D eigenvalue weighted by Crippen LogP contribution is -2.33. The molecule has 0 aliphatic rings. The average Bonchev–Trinajstić information content (AvgIpc) is 2.81. The predicted octanol–water partition coefficient (Wildman–Crippen LogP) is 3.02. The van der Waals surface area contributed by atoms with Crippen molar-refractivity contribution in [2.75, 3.05) is 12.4 Å². The molecule has 1 amide bonds. The molecule has 0 saturated carbocycles. The molecular weight excluding hydrogens is 426 g/mol. The summed E-state index contributed by atoms with van der Waals surface area (Å²) in [6, 6.07) is 20.6. The van der Waals surface area contributed by atoms with Crippen LogP contribution in [-0.2, 0) is 20.9 Å². The zero-order valence-corrected chi connectivity index (χ0v) is 18.2. The van der Waals surface area contributed by atoms with Crippen LogP contribution in [0, 0.1) is 6.92 Å². The van der Waals surface area contributed by atoms with E-state index in [9.17, 15) is 4.79 Å². The normalized spacial score (nSPS) is 10.8. The van der Waals surface area contributed by atoms with Crippen LogP contribution in [0.3, 0.4) is 0 Å². The number of pyridine rings is 1. The maximum absolute atomic E-state index is 13.1. The molecule has 172 valence electrons. The van der Waals surface area contributed by atoms with Gasteiger partial charge in [-0.15, -0.1) is 0 Å². The Morgan fingerprint density at radius 2 is 1.64 bits per heavy atom. The number of nitrogens with one attached hydrogen (secondary N) is 2. The third kappa shape index (κ3) is 8.08. The molecule has 33 heavy (non-hydrogen) atoms. The van der Waals surface area contributed by atoms with Crippen molar-refractivity contribution in [2.24, 2.45) is 0 Å². The van der Waals surface area contributed by atoms with Crippen molar-refractivity contribution in [1.29, 1.82) is 0 Å². The fraction of sp³-hybridized carbons (Fsp3) is 0.167. The zero-order chi connectivity index (χ0) is 24.2. The van der Waals surface area contributed by atoms with E-state index in [4.69, 9.17) is 24.5 Å². The van der Waals surface area contributed by atoms with Gasteiger partial charge in [-0.25, -0.2) is 9.59 Å². The molecule has 1 aromatic heterocycles. The van der Waals surface area contributed by atoms with Gasteiger partial charge >= 0.3 is 11.9 Å². The Bertz CT molecular complexity index is 1060. The molecular formula is C24H25N3O6. The maximum atomic E-state index is 13.1. The summed E-state index contributed by atoms with van der Waals surface area (Å²) >= 11 is 0. The number of carbonyl (C=O) groups is 3. The summed E-state index contributed by atoms with van der Waals surface area (Å²) in [4.78, 5) is 35.6. The molecule has 0 radical (unpaired) electrons. The molecule has 2 aromatic carbocycles. The number of aliphatic carboxylic acids is 2. The molecule has 9 heteroatoms. The minimum absolute atomic E-state index is 0.152. The van der Waals surface area contributed by atoms with Crippen molar-refractivity contribution in [3.05, 3.63) is 89.7 Å². The minimum atomic E-state index is -1.82. The summed E-state index contributed by atoms with van der Waals surface area (Å²) in [6.07, 6.45) is 1.74. The van der Waals surface area contributed by atoms with Gasteiger partial charge in [-0.05, 0) is 42.3 Å². The molecule has 0 aliphatic heterocycles. The molecule has 1 atom stereocenters. The highest BCUT2D eigenvalue weighted by atomic mass is 16.5. The Morgan fingerprint density at radius 1 is 0.970 bits per heavy atom. The van der Waals surface area contributed by atoms with E-state index in [-0.39, 0.29) is 5.91 Å². The number of anilines is 1. The molecule has 4 N–H and O–H groups in total. The van der Waals surface area contributed by atoms with Crippen LogP contribution < -0.4 is 15.4 Å². The van der Waals surface area contributed by atoms with Gasteiger partial charge in [0.15, 0.2) is 0 Å². The number of ether oxygens (including phenoxy) is 1. The number of rotatable bonds is 7. The third-order valence-corrected chi connectivity index (χ3v) is 4.40. The van der Waals surface area contributed by atoms with Crippen molar-refractivity contribution in [3.63, 3.8) is 0 Å². The molecule has 3 rings (SSSR count). The van der Waals surface area contributed by atoms with Gasteiger partial charge in [-0.3, -0.25) is 15.1 Å². The Hall–Kier alpha value is -4.24. The largest absolute Gasteiger partial charge is 0.495 e. The second-order valence-electron chi connectivity index (χ2n) is 6.85. The summed E-state index contributed by atoms with van der Waals surface area (Å²) in [5.74, 6) is -3.17. The van der Waals surface area contributed by atoms with Gasteiger partial charge in [0.25, 0.3) is 0 Å². The average molecular weight is 451 g/mol. The lowest BCUT2D eigenvalue weighted by molar-refractivity contribution is -0.159. The zero-order valence-electron chi connectivity index (χ0n) is 18.2. The first-order valence-electron chi connectivity index (χ1n) is 9.91. The van der Waals surface area contributed by atoms with E-state index in [2.05, 4.69) is 15.6 Å². The number of hydrogen-bond donors (Lipinski definition) is 4. The quantitative estimate of drug-likeness (QED) is 0.402. The van der Waals surface area contributed by atoms with Crippen LogP contribution in [0.15, 0.2) is 72.9 Å². The number of carboxylic acids is 2. The molecule has 9 nitrogen and oxygen atoms in total. The lowest BCUT2D eigenvalue weighted by Gasteiger charge is -2.20. The molecule has 0 bridgehead atoms. The van der Waals surface area contributed by atoms with Gasteiger partial charge in [-0.2, -0.15) is 0 Å². The molecule has 0 spiro atoms. The highest BCUT2D eigenvalue weighted by Crippen LogP contribution is 2.26. The van der Waals surface area contributed by atoms with Gasteiger partial charge in [-0.1, -0.05) is 42.5 Å². The number of nitrogens with zero attached hydrogens (tertiary/aromatic N) is 1. The van der Waals surface area contributed by atoms with Gasteiger partial charge in [0, 0.05) is 12.7 Å². The molecule has 0 fully saturated rings. The van der Waals surface area contributed by atoms with E-state index < -0.39 is 18.0 Å². The SMILES string of the molecule is COc1ccc(C)cc1NC(=O)C(NCc1ccccn1)c1ccccc1.O=C(O)C(=O)O. The van der Waals surface area contributed by atoms with Gasteiger partial charge in [0.1, 0.15) is 11.8 Å². The Balaban J connectivity index is 0.000000569. The minimum Gasteiger partial charge on any atom is -0.495 e. The fourth-order valence-electron chi connectivity index (χ4n) is 2.84. The molecule has 0 saturated heterocycles. The second-order valence-corrected chi connectivity index (χ2v) is 6.85. The Labute approximate surface area is 191 Å². The van der Waals surface area contributed by atoms with Crippen LogP contribution in [0.5, 0.6) is 5.75 Å². The second kappa shape index (κ2) is 12.6. The molecule has 1 heterocycles. The first kappa shape index (κ1) is 25.0. The van der Waals surface area contributed by atoms with E-state index in [0.29, 0.717) is 18.0 Å². The number of methoxy groups -OCH3 is 1. The molecule has 3 aromatic rings. The topological polar surface area (TPSA) is 138 Å². The van der Waals surface area contributed by atoms with Gasteiger partial charge < -0.3 is 20.3 Å². The number of aryl methyl sites for hydroxylation is 1. The number of aromatic nitrogens is 1. The van der Waals surface area contributed by atoms with Crippen LogP contribution in [0.2, 0.25) is 0 Å². The summed E-state index contributed by atoms with van der Waals surface area (Å²) in [5.41, 5.74) is 3.46. The number of carboxylic acid groups (broad SMARTS) is 2. The van der Waals surface area contributed by atoms with E-state index in [1.165, 1.54) is 0 Å². The van der Waals surface area contributed by atoms with Gasteiger partial charge in [0.05, 0.1) is 18.5 Å².